The van der Waals surface area contributed by atoms with Crippen molar-refractivity contribution < 1.29 is 19.1 Å². The van der Waals surface area contributed by atoms with Gasteiger partial charge in [-0.2, -0.15) is 0 Å². The highest BCUT2D eigenvalue weighted by Crippen LogP contribution is 2.49. The number of aromatic nitrogens is 1. The van der Waals surface area contributed by atoms with Crippen LogP contribution in [-0.2, 0) is 19.7 Å². The van der Waals surface area contributed by atoms with Gasteiger partial charge in [-0.25, -0.2) is 9.78 Å². The van der Waals surface area contributed by atoms with Crippen LogP contribution >= 0.6 is 0 Å². The lowest BCUT2D eigenvalue weighted by Crippen LogP contribution is -2.50. The van der Waals surface area contributed by atoms with Crippen molar-refractivity contribution in [2.24, 2.45) is 0 Å². The number of pyridine rings is 1. The van der Waals surface area contributed by atoms with Crippen LogP contribution in [0.25, 0.3) is 0 Å². The van der Waals surface area contributed by atoms with Crippen LogP contribution in [0.2, 0.25) is 0 Å². The number of piperazine rings is 1. The number of amides is 1. The number of esters is 1. The van der Waals surface area contributed by atoms with Crippen LogP contribution in [0.1, 0.15) is 46.1 Å². The van der Waals surface area contributed by atoms with E-state index < -0.39 is 11.0 Å². The predicted octanol–water partition coefficient (Wildman–Crippen LogP) is 2.73. The molecule has 1 amide bonds. The van der Waals surface area contributed by atoms with E-state index in [1.807, 2.05) is 39.8 Å². The van der Waals surface area contributed by atoms with Crippen LogP contribution in [0.4, 0.5) is 10.6 Å². The number of rotatable bonds is 4. The smallest absolute Gasteiger partial charge is 0.410 e. The van der Waals surface area contributed by atoms with E-state index in [4.69, 9.17) is 9.47 Å². The predicted molar refractivity (Wildman–Crippen MR) is 102 cm³/mol. The first kappa shape index (κ1) is 19.5. The fraction of sp³-hybridized carbons (Fsp3) is 0.650. The average Bonchev–Trinajstić information content (AvgIpc) is 3.43. The van der Waals surface area contributed by atoms with Crippen molar-refractivity contribution in [2.75, 3.05) is 37.7 Å². The second-order valence-corrected chi connectivity index (χ2v) is 8.16. The van der Waals surface area contributed by atoms with Crippen LogP contribution in [0.3, 0.4) is 0 Å². The van der Waals surface area contributed by atoms with E-state index in [0.717, 1.165) is 24.2 Å². The minimum Gasteiger partial charge on any atom is -0.465 e. The lowest BCUT2D eigenvalue weighted by atomic mass is 9.98. The number of carbonyl (C=O) groups excluding carboxylic acids is 2. The zero-order chi connectivity index (χ0) is 19.7. The lowest BCUT2D eigenvalue weighted by Gasteiger charge is -2.36. The largest absolute Gasteiger partial charge is 0.465 e. The molecule has 0 atom stereocenters. The number of hydrogen-bond donors (Lipinski definition) is 0. The third-order valence-corrected chi connectivity index (χ3v) is 4.97. The van der Waals surface area contributed by atoms with E-state index in [9.17, 15) is 9.59 Å². The van der Waals surface area contributed by atoms with Gasteiger partial charge in [0.15, 0.2) is 0 Å². The lowest BCUT2D eigenvalue weighted by molar-refractivity contribution is -0.146. The van der Waals surface area contributed by atoms with Crippen molar-refractivity contribution in [2.45, 2.75) is 51.6 Å². The molecule has 7 nitrogen and oxygen atoms in total. The topological polar surface area (TPSA) is 72.0 Å². The highest BCUT2D eigenvalue weighted by atomic mass is 16.6. The van der Waals surface area contributed by atoms with E-state index in [1.165, 1.54) is 0 Å². The molecule has 1 saturated heterocycles. The minimum atomic E-state index is -0.489. The van der Waals surface area contributed by atoms with Gasteiger partial charge in [-0.3, -0.25) is 4.79 Å². The van der Waals surface area contributed by atoms with Gasteiger partial charge in [0.2, 0.25) is 0 Å². The monoisotopic (exact) mass is 375 g/mol. The molecule has 0 N–H and O–H groups in total. The number of nitrogens with zero attached hydrogens (tertiary/aromatic N) is 3. The molecule has 0 radical (unpaired) electrons. The second-order valence-electron chi connectivity index (χ2n) is 8.16. The molecule has 1 saturated carbocycles. The zero-order valence-corrected chi connectivity index (χ0v) is 16.7. The van der Waals surface area contributed by atoms with Gasteiger partial charge < -0.3 is 19.3 Å². The summed E-state index contributed by atoms with van der Waals surface area (Å²) in [5.74, 6) is 0.716. The van der Waals surface area contributed by atoms with Gasteiger partial charge in [0.1, 0.15) is 11.4 Å². The highest BCUT2D eigenvalue weighted by Gasteiger charge is 2.53. The zero-order valence-electron chi connectivity index (χ0n) is 16.7. The fourth-order valence-corrected chi connectivity index (χ4v) is 3.31. The molecule has 0 aromatic carbocycles. The van der Waals surface area contributed by atoms with Crippen molar-refractivity contribution in [1.29, 1.82) is 0 Å². The Hall–Kier alpha value is -2.31. The number of anilines is 1. The first-order valence-electron chi connectivity index (χ1n) is 9.62. The number of carbonyl (C=O) groups is 2. The molecule has 7 heteroatoms. The minimum absolute atomic E-state index is 0.148. The second kappa shape index (κ2) is 7.37. The first-order valence-corrected chi connectivity index (χ1v) is 9.62. The molecular formula is C20H29N3O4. The Morgan fingerprint density at radius 1 is 1.15 bits per heavy atom. The van der Waals surface area contributed by atoms with Crippen LogP contribution in [0.15, 0.2) is 18.3 Å². The third kappa shape index (κ3) is 4.34. The number of hydrogen-bond acceptors (Lipinski definition) is 6. The summed E-state index contributed by atoms with van der Waals surface area (Å²) < 4.78 is 10.6. The summed E-state index contributed by atoms with van der Waals surface area (Å²) in [6.45, 7) is 10.4. The molecule has 148 valence electrons. The molecule has 0 spiro atoms. The standard InChI is InChI=1S/C20H29N3O4/c1-5-26-17(24)20(8-9-20)15-6-7-16(21-14-15)22-10-12-23(13-11-22)18(25)27-19(2,3)4/h6-7,14H,5,8-13H2,1-4H3. The van der Waals surface area contributed by atoms with Crippen molar-refractivity contribution in [3.8, 4) is 0 Å². The highest BCUT2D eigenvalue weighted by molar-refractivity contribution is 5.86. The van der Waals surface area contributed by atoms with Gasteiger partial charge >= 0.3 is 12.1 Å². The summed E-state index contributed by atoms with van der Waals surface area (Å²) in [5.41, 5.74) is -0.0441. The third-order valence-electron chi connectivity index (χ3n) is 4.97. The molecule has 0 bridgehead atoms. The summed E-state index contributed by atoms with van der Waals surface area (Å²) in [6.07, 6.45) is 3.16. The van der Waals surface area contributed by atoms with Crippen LogP contribution < -0.4 is 4.90 Å². The molecule has 2 heterocycles. The molecule has 1 aliphatic carbocycles. The van der Waals surface area contributed by atoms with Crippen molar-refractivity contribution in [3.63, 3.8) is 0 Å². The number of ether oxygens (including phenoxy) is 2. The van der Waals surface area contributed by atoms with Gasteiger partial charge in [0.05, 0.1) is 12.0 Å². The van der Waals surface area contributed by atoms with Gasteiger partial charge in [0.25, 0.3) is 0 Å². The average molecular weight is 375 g/mol. The molecular weight excluding hydrogens is 346 g/mol. The van der Waals surface area contributed by atoms with Gasteiger partial charge in [-0.1, -0.05) is 6.07 Å². The molecule has 2 fully saturated rings. The van der Waals surface area contributed by atoms with Crippen LogP contribution in [0.5, 0.6) is 0 Å². The van der Waals surface area contributed by atoms with E-state index in [0.29, 0.717) is 32.8 Å². The Bertz CT molecular complexity index is 684. The van der Waals surface area contributed by atoms with Gasteiger partial charge in [0, 0.05) is 32.4 Å². The molecule has 2 aliphatic rings. The SMILES string of the molecule is CCOC(=O)C1(c2ccc(N3CCN(C(=O)OC(C)(C)C)CC3)nc2)CC1. The Balaban J connectivity index is 1.58. The maximum Gasteiger partial charge on any atom is 0.410 e. The van der Waals surface area contributed by atoms with Crippen LogP contribution in [-0.4, -0.2) is 60.3 Å². The molecule has 3 rings (SSSR count). The van der Waals surface area contributed by atoms with E-state index in [1.54, 1.807) is 11.1 Å². The Morgan fingerprint density at radius 3 is 2.30 bits per heavy atom. The van der Waals surface area contributed by atoms with Crippen molar-refractivity contribution in [1.82, 2.24) is 9.88 Å². The summed E-state index contributed by atoms with van der Waals surface area (Å²) in [6, 6.07) is 3.93. The van der Waals surface area contributed by atoms with Crippen molar-refractivity contribution in [3.05, 3.63) is 23.9 Å². The molecule has 1 aromatic heterocycles. The van der Waals surface area contributed by atoms with E-state index >= 15 is 0 Å². The quantitative estimate of drug-likeness (QED) is 0.754. The summed E-state index contributed by atoms with van der Waals surface area (Å²) in [7, 11) is 0. The van der Waals surface area contributed by atoms with Crippen LogP contribution in [0, 0.1) is 0 Å². The fourth-order valence-electron chi connectivity index (χ4n) is 3.31. The van der Waals surface area contributed by atoms with E-state index in [-0.39, 0.29) is 12.1 Å². The Labute approximate surface area is 160 Å². The Kier molecular flexibility index (Phi) is 5.31. The maximum atomic E-state index is 12.2. The first-order chi connectivity index (χ1) is 12.7. The molecule has 27 heavy (non-hydrogen) atoms. The molecule has 1 aliphatic heterocycles. The maximum absolute atomic E-state index is 12.2. The van der Waals surface area contributed by atoms with E-state index in [2.05, 4.69) is 9.88 Å². The summed E-state index contributed by atoms with van der Waals surface area (Å²) in [5, 5.41) is 0. The normalized spacial score (nSPS) is 18.8. The summed E-state index contributed by atoms with van der Waals surface area (Å²) in [4.78, 5) is 32.8. The van der Waals surface area contributed by atoms with Gasteiger partial charge in [-0.15, -0.1) is 0 Å². The Morgan fingerprint density at radius 2 is 1.81 bits per heavy atom. The summed E-state index contributed by atoms with van der Waals surface area (Å²) >= 11 is 0. The molecule has 0 unspecified atom stereocenters. The van der Waals surface area contributed by atoms with Crippen molar-refractivity contribution >= 4 is 17.9 Å². The van der Waals surface area contributed by atoms with Gasteiger partial charge in [-0.05, 0) is 52.2 Å². The molecule has 1 aromatic rings.